The van der Waals surface area contributed by atoms with Gasteiger partial charge in [0.1, 0.15) is 0 Å². The number of aliphatic imine (C=N–C) groups is 1. The molecule has 2 aliphatic rings. The molecule has 5 nitrogen and oxygen atoms in total. The Hall–Kier alpha value is -1.59. The topological polar surface area (TPSA) is 65.9 Å². The van der Waals surface area contributed by atoms with Gasteiger partial charge in [-0.3, -0.25) is 4.99 Å². The number of guanidine groups is 1. The van der Waals surface area contributed by atoms with Crippen LogP contribution in [-0.4, -0.2) is 50.5 Å². The maximum atomic E-state index is 9.40. The van der Waals surface area contributed by atoms with E-state index >= 15 is 0 Å². The lowest BCUT2D eigenvalue weighted by atomic mass is 9.79. The molecule has 1 aromatic carbocycles. The van der Waals surface area contributed by atoms with E-state index in [-0.39, 0.29) is 12.0 Å². The number of ether oxygens (including phenoxy) is 1. The van der Waals surface area contributed by atoms with E-state index in [2.05, 4.69) is 47.9 Å². The molecular formula is C23H37N3O2. The molecule has 2 fully saturated rings. The van der Waals surface area contributed by atoms with Crippen LogP contribution in [-0.2, 0) is 4.74 Å². The van der Waals surface area contributed by atoms with E-state index in [1.54, 1.807) is 0 Å². The zero-order chi connectivity index (χ0) is 19.7. The summed E-state index contributed by atoms with van der Waals surface area (Å²) in [6.07, 6.45) is 6.85. The molecule has 1 saturated heterocycles. The van der Waals surface area contributed by atoms with Crippen molar-refractivity contribution in [2.24, 2.45) is 16.3 Å². The Bertz CT molecular complexity index is 591. The van der Waals surface area contributed by atoms with E-state index < -0.39 is 0 Å². The van der Waals surface area contributed by atoms with Crippen LogP contribution in [0, 0.1) is 11.3 Å². The van der Waals surface area contributed by atoms with Crippen molar-refractivity contribution in [1.29, 1.82) is 0 Å². The Morgan fingerprint density at radius 1 is 1.18 bits per heavy atom. The number of hydrogen-bond donors (Lipinski definition) is 3. The summed E-state index contributed by atoms with van der Waals surface area (Å²) >= 11 is 0. The minimum absolute atomic E-state index is 0.00481. The fraction of sp³-hybridized carbons (Fsp3) is 0.696. The van der Waals surface area contributed by atoms with Crippen LogP contribution in [0.15, 0.2) is 35.3 Å². The minimum Gasteiger partial charge on any atom is -0.396 e. The first-order valence-corrected chi connectivity index (χ1v) is 11.0. The molecule has 0 amide bonds. The first-order valence-electron chi connectivity index (χ1n) is 11.0. The van der Waals surface area contributed by atoms with Gasteiger partial charge in [-0.15, -0.1) is 0 Å². The minimum atomic E-state index is 0.00481. The number of hydrogen-bond acceptors (Lipinski definition) is 3. The number of aliphatic hydroxyl groups excluding tert-OH is 1. The number of benzene rings is 1. The van der Waals surface area contributed by atoms with Crippen molar-refractivity contribution < 1.29 is 9.84 Å². The van der Waals surface area contributed by atoms with Crippen LogP contribution in [0.2, 0.25) is 0 Å². The highest BCUT2D eigenvalue weighted by atomic mass is 16.5. The zero-order valence-corrected chi connectivity index (χ0v) is 17.3. The van der Waals surface area contributed by atoms with Crippen LogP contribution in [0.1, 0.15) is 56.9 Å². The molecule has 0 radical (unpaired) electrons. The average Bonchev–Trinajstić information content (AvgIpc) is 3.20. The Labute approximate surface area is 170 Å². The van der Waals surface area contributed by atoms with Gasteiger partial charge < -0.3 is 20.5 Å². The molecule has 1 aromatic rings. The molecular weight excluding hydrogens is 350 g/mol. The van der Waals surface area contributed by atoms with Gasteiger partial charge in [0.15, 0.2) is 5.96 Å². The van der Waals surface area contributed by atoms with Crippen molar-refractivity contribution in [3.05, 3.63) is 35.9 Å². The summed E-state index contributed by atoms with van der Waals surface area (Å²) in [5, 5.41) is 16.3. The summed E-state index contributed by atoms with van der Waals surface area (Å²) in [5.41, 5.74) is 1.50. The van der Waals surface area contributed by atoms with Gasteiger partial charge >= 0.3 is 0 Å². The maximum absolute atomic E-state index is 9.40. The van der Waals surface area contributed by atoms with Crippen LogP contribution in [0.3, 0.4) is 0 Å². The van der Waals surface area contributed by atoms with E-state index in [1.807, 2.05) is 0 Å². The first kappa shape index (κ1) is 21.1. The summed E-state index contributed by atoms with van der Waals surface area (Å²) in [6, 6.07) is 11.0. The predicted molar refractivity (Wildman–Crippen MR) is 115 cm³/mol. The molecule has 28 heavy (non-hydrogen) atoms. The second-order valence-electron chi connectivity index (χ2n) is 8.48. The SMILES string of the molecule is CCNC(=NCC1(CCO)CCOC1)NCC1CCC(c2ccccc2)CC1. The third-order valence-electron chi connectivity index (χ3n) is 6.42. The summed E-state index contributed by atoms with van der Waals surface area (Å²) < 4.78 is 5.59. The standard InChI is InChI=1S/C23H37N3O2/c1-2-24-22(26-17-23(12-14-27)13-15-28-18-23)25-16-19-8-10-21(11-9-19)20-6-4-3-5-7-20/h3-7,19,21,27H,2,8-18H2,1H3,(H2,24,25,26). The second kappa shape index (κ2) is 10.8. The quantitative estimate of drug-likeness (QED) is 0.473. The molecule has 1 heterocycles. The van der Waals surface area contributed by atoms with E-state index in [0.29, 0.717) is 19.1 Å². The normalized spacial score (nSPS) is 28.3. The van der Waals surface area contributed by atoms with Crippen LogP contribution in [0.4, 0.5) is 0 Å². The zero-order valence-electron chi connectivity index (χ0n) is 17.3. The lowest BCUT2D eigenvalue weighted by molar-refractivity contribution is 0.131. The Kier molecular flexibility index (Phi) is 8.16. The van der Waals surface area contributed by atoms with Crippen molar-refractivity contribution in [3.8, 4) is 0 Å². The van der Waals surface area contributed by atoms with Crippen molar-refractivity contribution in [2.75, 3.05) is 39.5 Å². The molecule has 156 valence electrons. The molecule has 1 aliphatic heterocycles. The van der Waals surface area contributed by atoms with Gasteiger partial charge in [0, 0.05) is 31.7 Å². The largest absolute Gasteiger partial charge is 0.396 e. The number of nitrogens with zero attached hydrogens (tertiary/aromatic N) is 1. The Morgan fingerprint density at radius 2 is 1.96 bits per heavy atom. The average molecular weight is 388 g/mol. The fourth-order valence-corrected chi connectivity index (χ4v) is 4.54. The van der Waals surface area contributed by atoms with Gasteiger partial charge in [-0.1, -0.05) is 30.3 Å². The van der Waals surface area contributed by atoms with E-state index in [9.17, 15) is 5.11 Å². The second-order valence-corrected chi connectivity index (χ2v) is 8.48. The van der Waals surface area contributed by atoms with Crippen molar-refractivity contribution in [2.45, 2.75) is 51.4 Å². The molecule has 3 rings (SSSR count). The number of rotatable bonds is 8. The highest BCUT2D eigenvalue weighted by Gasteiger charge is 2.34. The van der Waals surface area contributed by atoms with E-state index in [1.165, 1.54) is 31.2 Å². The highest BCUT2D eigenvalue weighted by molar-refractivity contribution is 5.79. The molecule has 3 N–H and O–H groups in total. The molecule has 1 atom stereocenters. The number of aliphatic hydroxyl groups is 1. The maximum Gasteiger partial charge on any atom is 0.191 e. The molecule has 0 bridgehead atoms. The van der Waals surface area contributed by atoms with Gasteiger partial charge in [-0.25, -0.2) is 0 Å². The van der Waals surface area contributed by atoms with Crippen molar-refractivity contribution in [1.82, 2.24) is 10.6 Å². The van der Waals surface area contributed by atoms with Gasteiger partial charge in [-0.2, -0.15) is 0 Å². The fourth-order valence-electron chi connectivity index (χ4n) is 4.54. The Morgan fingerprint density at radius 3 is 2.61 bits per heavy atom. The lowest BCUT2D eigenvalue weighted by Crippen LogP contribution is -2.41. The lowest BCUT2D eigenvalue weighted by Gasteiger charge is -2.29. The summed E-state index contributed by atoms with van der Waals surface area (Å²) in [7, 11) is 0. The van der Waals surface area contributed by atoms with Crippen molar-refractivity contribution in [3.63, 3.8) is 0 Å². The molecule has 0 spiro atoms. The van der Waals surface area contributed by atoms with Gasteiger partial charge in [0.05, 0.1) is 13.2 Å². The molecule has 5 heteroatoms. The van der Waals surface area contributed by atoms with Gasteiger partial charge in [0.2, 0.25) is 0 Å². The first-order chi connectivity index (χ1) is 13.7. The monoisotopic (exact) mass is 387 g/mol. The van der Waals surface area contributed by atoms with Gasteiger partial charge in [-0.05, 0) is 62.8 Å². The van der Waals surface area contributed by atoms with Crippen molar-refractivity contribution >= 4 is 5.96 Å². The highest BCUT2D eigenvalue weighted by Crippen LogP contribution is 2.35. The molecule has 1 aliphatic carbocycles. The third-order valence-corrected chi connectivity index (χ3v) is 6.42. The predicted octanol–water partition coefficient (Wildman–Crippen LogP) is 3.30. The molecule has 0 aromatic heterocycles. The van der Waals surface area contributed by atoms with Crippen LogP contribution < -0.4 is 10.6 Å². The van der Waals surface area contributed by atoms with E-state index in [0.717, 1.165) is 44.4 Å². The van der Waals surface area contributed by atoms with Crippen LogP contribution >= 0.6 is 0 Å². The Balaban J connectivity index is 1.47. The van der Waals surface area contributed by atoms with Crippen LogP contribution in [0.25, 0.3) is 0 Å². The summed E-state index contributed by atoms with van der Waals surface area (Å²) in [6.45, 7) is 6.35. The molecule has 1 unspecified atom stereocenters. The summed E-state index contributed by atoms with van der Waals surface area (Å²) in [5.74, 6) is 2.34. The number of nitrogens with one attached hydrogen (secondary N) is 2. The van der Waals surface area contributed by atoms with Gasteiger partial charge in [0.25, 0.3) is 0 Å². The van der Waals surface area contributed by atoms with E-state index in [4.69, 9.17) is 9.73 Å². The molecule has 1 saturated carbocycles. The van der Waals surface area contributed by atoms with Crippen LogP contribution in [0.5, 0.6) is 0 Å². The smallest absolute Gasteiger partial charge is 0.191 e. The third kappa shape index (κ3) is 5.95. The summed E-state index contributed by atoms with van der Waals surface area (Å²) in [4.78, 5) is 4.84.